The number of morpholine rings is 1. The molecule has 33 heavy (non-hydrogen) atoms. The predicted molar refractivity (Wildman–Crippen MR) is 127 cm³/mol. The van der Waals surface area contributed by atoms with Crippen molar-refractivity contribution in [1.82, 2.24) is 20.4 Å². The highest BCUT2D eigenvalue weighted by atomic mass is 16.5. The Labute approximate surface area is 196 Å². The normalized spacial score (nSPS) is 27.4. The summed E-state index contributed by atoms with van der Waals surface area (Å²) >= 11 is 0. The number of nitrogens with zero attached hydrogens (tertiary/aromatic N) is 2. The summed E-state index contributed by atoms with van der Waals surface area (Å²) in [6, 6.07) is 7.38. The fourth-order valence-corrected chi connectivity index (χ4v) is 4.97. The van der Waals surface area contributed by atoms with Gasteiger partial charge in [0.2, 0.25) is 5.91 Å². The second-order valence-corrected chi connectivity index (χ2v) is 9.06. The molecule has 1 aromatic carbocycles. The highest BCUT2D eigenvalue weighted by Gasteiger charge is 2.40. The maximum Gasteiger partial charge on any atom is 0.286 e. The average Bonchev–Trinajstić information content (AvgIpc) is 2.85. The first kappa shape index (κ1) is 23.6. The van der Waals surface area contributed by atoms with Gasteiger partial charge in [0.25, 0.3) is 5.91 Å². The Morgan fingerprint density at radius 1 is 1.21 bits per heavy atom. The van der Waals surface area contributed by atoms with Crippen LogP contribution in [0.25, 0.3) is 6.08 Å². The average molecular weight is 457 g/mol. The maximum absolute atomic E-state index is 12.8. The number of hydrogen-bond donors (Lipinski definition) is 2. The van der Waals surface area contributed by atoms with Crippen LogP contribution in [0.4, 0.5) is 0 Å². The van der Waals surface area contributed by atoms with Gasteiger partial charge in [0.05, 0.1) is 13.2 Å². The topological polar surface area (TPSA) is 83.1 Å². The van der Waals surface area contributed by atoms with Gasteiger partial charge in [-0.3, -0.25) is 14.5 Å². The first-order valence-electron chi connectivity index (χ1n) is 12.1. The van der Waals surface area contributed by atoms with E-state index < -0.39 is 0 Å². The summed E-state index contributed by atoms with van der Waals surface area (Å²) in [6.45, 7) is 9.18. The van der Waals surface area contributed by atoms with Crippen LogP contribution < -0.4 is 15.4 Å². The SMILES string of the molecule is CCN1CCN(CCNC(=O)C2CCC3O/C(=C/c4ccccc4OC)C(=O)NC3C2)CC1. The van der Waals surface area contributed by atoms with Crippen molar-refractivity contribution in [3.8, 4) is 5.75 Å². The Kier molecular flexibility index (Phi) is 7.88. The molecule has 3 unspecified atom stereocenters. The molecular formula is C25H36N4O4. The number of fused-ring (bicyclic) bond motifs is 1. The molecule has 8 nitrogen and oxygen atoms in total. The summed E-state index contributed by atoms with van der Waals surface area (Å²) in [5.74, 6) is 0.745. The number of nitrogens with one attached hydrogen (secondary N) is 2. The van der Waals surface area contributed by atoms with Gasteiger partial charge in [0.15, 0.2) is 5.76 Å². The van der Waals surface area contributed by atoms with Crippen molar-refractivity contribution in [2.24, 2.45) is 5.92 Å². The third-order valence-corrected chi connectivity index (χ3v) is 7.04. The maximum atomic E-state index is 12.8. The molecule has 2 N–H and O–H groups in total. The fourth-order valence-electron chi connectivity index (χ4n) is 4.97. The van der Waals surface area contributed by atoms with Gasteiger partial charge in [0, 0.05) is 50.7 Å². The number of amides is 2. The van der Waals surface area contributed by atoms with Crippen LogP contribution in [0.15, 0.2) is 30.0 Å². The zero-order chi connectivity index (χ0) is 23.2. The summed E-state index contributed by atoms with van der Waals surface area (Å²) in [4.78, 5) is 30.3. The van der Waals surface area contributed by atoms with Gasteiger partial charge in [-0.15, -0.1) is 0 Å². The van der Waals surface area contributed by atoms with E-state index in [1.54, 1.807) is 13.2 Å². The van der Waals surface area contributed by atoms with Crippen LogP contribution in [-0.4, -0.2) is 86.7 Å². The lowest BCUT2D eigenvalue weighted by molar-refractivity contribution is -0.134. The van der Waals surface area contributed by atoms with Gasteiger partial charge in [-0.05, 0) is 37.9 Å². The van der Waals surface area contributed by atoms with Gasteiger partial charge >= 0.3 is 0 Å². The van der Waals surface area contributed by atoms with Gasteiger partial charge in [0.1, 0.15) is 11.9 Å². The molecule has 2 saturated heterocycles. The Balaban J connectivity index is 1.25. The molecule has 2 amide bonds. The summed E-state index contributed by atoms with van der Waals surface area (Å²) in [5, 5.41) is 6.18. The molecule has 3 atom stereocenters. The van der Waals surface area contributed by atoms with Crippen LogP contribution in [0.1, 0.15) is 31.7 Å². The second-order valence-electron chi connectivity index (χ2n) is 9.06. The molecule has 2 heterocycles. The van der Waals surface area contributed by atoms with E-state index in [4.69, 9.17) is 9.47 Å². The molecule has 4 rings (SSSR count). The number of piperazine rings is 1. The van der Waals surface area contributed by atoms with Gasteiger partial charge < -0.3 is 25.0 Å². The number of carbonyl (C=O) groups is 2. The van der Waals surface area contributed by atoms with E-state index in [9.17, 15) is 9.59 Å². The van der Waals surface area contributed by atoms with E-state index in [1.165, 1.54) is 0 Å². The van der Waals surface area contributed by atoms with Crippen LogP contribution in [0.5, 0.6) is 5.75 Å². The Hall–Kier alpha value is -2.58. The minimum atomic E-state index is -0.241. The van der Waals surface area contributed by atoms with Crippen molar-refractivity contribution in [3.05, 3.63) is 35.6 Å². The Bertz CT molecular complexity index is 866. The lowest BCUT2D eigenvalue weighted by Crippen LogP contribution is -2.55. The van der Waals surface area contributed by atoms with Gasteiger partial charge in [-0.1, -0.05) is 25.1 Å². The van der Waals surface area contributed by atoms with Crippen LogP contribution in [0.3, 0.4) is 0 Å². The van der Waals surface area contributed by atoms with Gasteiger partial charge in [-0.2, -0.15) is 0 Å². The quantitative estimate of drug-likeness (QED) is 0.605. The molecule has 2 aliphatic heterocycles. The Morgan fingerprint density at radius 3 is 2.73 bits per heavy atom. The van der Waals surface area contributed by atoms with Crippen LogP contribution >= 0.6 is 0 Å². The molecule has 1 aliphatic carbocycles. The van der Waals surface area contributed by atoms with Crippen LogP contribution in [0, 0.1) is 5.92 Å². The number of hydrogen-bond acceptors (Lipinski definition) is 6. The molecule has 3 fully saturated rings. The number of benzene rings is 1. The van der Waals surface area contributed by atoms with Crippen molar-refractivity contribution in [3.63, 3.8) is 0 Å². The molecule has 180 valence electrons. The molecule has 1 aromatic rings. The van der Waals surface area contributed by atoms with Crippen molar-refractivity contribution in [1.29, 1.82) is 0 Å². The number of methoxy groups -OCH3 is 1. The van der Waals surface area contributed by atoms with E-state index in [2.05, 4.69) is 27.4 Å². The number of ether oxygens (including phenoxy) is 2. The number of carbonyl (C=O) groups excluding carboxylic acids is 2. The number of rotatable bonds is 7. The minimum Gasteiger partial charge on any atom is -0.496 e. The fraction of sp³-hybridized carbons (Fsp3) is 0.600. The molecule has 3 aliphatic rings. The zero-order valence-corrected chi connectivity index (χ0v) is 19.7. The van der Waals surface area contributed by atoms with E-state index in [1.807, 2.05) is 24.3 Å². The standard InChI is InChI=1S/C25H36N4O4/c1-3-28-12-14-29(15-13-28)11-10-26-24(30)19-8-9-22-20(16-19)27-25(31)23(33-22)17-18-6-4-5-7-21(18)32-2/h4-7,17,19-20,22H,3,8-16H2,1-2H3,(H,26,30)(H,27,31)/b23-17+. The first-order chi connectivity index (χ1) is 16.1. The van der Waals surface area contributed by atoms with E-state index >= 15 is 0 Å². The lowest BCUT2D eigenvalue weighted by Gasteiger charge is -2.40. The van der Waals surface area contributed by atoms with E-state index in [0.717, 1.165) is 57.7 Å². The molecule has 0 bridgehead atoms. The molecule has 1 saturated carbocycles. The van der Waals surface area contributed by atoms with E-state index in [0.29, 0.717) is 24.5 Å². The first-order valence-corrected chi connectivity index (χ1v) is 12.1. The third-order valence-electron chi connectivity index (χ3n) is 7.04. The molecule has 0 radical (unpaired) electrons. The zero-order valence-electron chi connectivity index (χ0n) is 19.7. The van der Waals surface area contributed by atoms with Crippen molar-refractivity contribution in [2.45, 2.75) is 38.3 Å². The number of para-hydroxylation sites is 1. The summed E-state index contributed by atoms with van der Waals surface area (Å²) < 4.78 is 11.4. The molecule has 0 spiro atoms. The summed E-state index contributed by atoms with van der Waals surface area (Å²) in [5.41, 5.74) is 0.799. The highest BCUT2D eigenvalue weighted by Crippen LogP contribution is 2.32. The molecule has 8 heteroatoms. The second kappa shape index (κ2) is 11.0. The van der Waals surface area contributed by atoms with Crippen LogP contribution in [0.2, 0.25) is 0 Å². The highest BCUT2D eigenvalue weighted by molar-refractivity contribution is 5.97. The smallest absolute Gasteiger partial charge is 0.286 e. The number of likely N-dealkylation sites (N-methyl/N-ethyl adjacent to an activating group) is 1. The predicted octanol–water partition coefficient (Wildman–Crippen LogP) is 1.47. The lowest BCUT2D eigenvalue weighted by atomic mass is 9.82. The van der Waals surface area contributed by atoms with Crippen molar-refractivity contribution >= 4 is 17.9 Å². The van der Waals surface area contributed by atoms with Crippen molar-refractivity contribution in [2.75, 3.05) is 52.9 Å². The monoisotopic (exact) mass is 456 g/mol. The molecular weight excluding hydrogens is 420 g/mol. The minimum absolute atomic E-state index is 0.0882. The van der Waals surface area contributed by atoms with Crippen molar-refractivity contribution < 1.29 is 19.1 Å². The van der Waals surface area contributed by atoms with Gasteiger partial charge in [-0.25, -0.2) is 0 Å². The Morgan fingerprint density at radius 2 is 1.97 bits per heavy atom. The largest absolute Gasteiger partial charge is 0.496 e. The van der Waals surface area contributed by atoms with E-state index in [-0.39, 0.29) is 29.9 Å². The third kappa shape index (κ3) is 5.86. The molecule has 0 aromatic heterocycles. The van der Waals surface area contributed by atoms with Crippen LogP contribution in [-0.2, 0) is 14.3 Å². The summed E-state index contributed by atoms with van der Waals surface area (Å²) in [6.07, 6.45) is 3.73. The summed E-state index contributed by atoms with van der Waals surface area (Å²) in [7, 11) is 1.61.